The Morgan fingerprint density at radius 2 is 2.18 bits per heavy atom. The summed E-state index contributed by atoms with van der Waals surface area (Å²) in [6, 6.07) is 5.30. The second kappa shape index (κ2) is 7.49. The van der Waals surface area contributed by atoms with Gasteiger partial charge in [-0.25, -0.2) is 0 Å². The van der Waals surface area contributed by atoms with Gasteiger partial charge in [0.25, 0.3) is 0 Å². The molecule has 1 atom stereocenters. The van der Waals surface area contributed by atoms with Gasteiger partial charge < -0.3 is 14.2 Å². The second-order valence-electron chi connectivity index (χ2n) is 5.02. The van der Waals surface area contributed by atoms with Crippen LogP contribution in [0.15, 0.2) is 24.3 Å². The van der Waals surface area contributed by atoms with E-state index in [2.05, 4.69) is 4.74 Å². The molecule has 7 heteroatoms. The molecule has 1 aromatic rings. The highest BCUT2D eigenvalue weighted by Gasteiger charge is 2.31. The van der Waals surface area contributed by atoms with Crippen LogP contribution < -0.4 is 4.74 Å². The number of halogens is 3. The first kappa shape index (κ1) is 16.6. The Labute approximate surface area is 126 Å². The Hall–Kier alpha value is -1.76. The van der Waals surface area contributed by atoms with Crippen LogP contribution in [0.5, 0.6) is 5.75 Å². The maximum atomic E-state index is 12.1. The predicted molar refractivity (Wildman–Crippen MR) is 71.4 cm³/mol. The van der Waals surface area contributed by atoms with Gasteiger partial charge in [0, 0.05) is 13.0 Å². The molecular formula is C15H17F3O4. The SMILES string of the molecule is O=C(Cc1cccc(OC(F)(F)F)c1)OCCC1CCCO1. The summed E-state index contributed by atoms with van der Waals surface area (Å²) in [4.78, 5) is 11.7. The Morgan fingerprint density at radius 3 is 2.86 bits per heavy atom. The van der Waals surface area contributed by atoms with Crippen LogP contribution in [0.2, 0.25) is 0 Å². The first-order valence-corrected chi connectivity index (χ1v) is 7.04. The van der Waals surface area contributed by atoms with Crippen LogP contribution in [-0.2, 0) is 20.7 Å². The number of alkyl halides is 3. The van der Waals surface area contributed by atoms with Crippen molar-refractivity contribution in [3.8, 4) is 5.75 Å². The highest BCUT2D eigenvalue weighted by atomic mass is 19.4. The summed E-state index contributed by atoms with van der Waals surface area (Å²) in [5.41, 5.74) is 0.406. The lowest BCUT2D eigenvalue weighted by Crippen LogP contribution is -2.17. The van der Waals surface area contributed by atoms with Gasteiger partial charge in [-0.1, -0.05) is 12.1 Å². The Kier molecular flexibility index (Phi) is 5.65. The van der Waals surface area contributed by atoms with E-state index in [-0.39, 0.29) is 24.9 Å². The summed E-state index contributed by atoms with van der Waals surface area (Å²) >= 11 is 0. The molecule has 0 saturated carbocycles. The molecule has 4 nitrogen and oxygen atoms in total. The largest absolute Gasteiger partial charge is 0.573 e. The van der Waals surface area contributed by atoms with Crippen molar-refractivity contribution in [1.82, 2.24) is 0 Å². The molecule has 0 amide bonds. The fourth-order valence-electron chi connectivity index (χ4n) is 2.25. The van der Waals surface area contributed by atoms with Gasteiger partial charge in [-0.2, -0.15) is 0 Å². The second-order valence-corrected chi connectivity index (χ2v) is 5.02. The van der Waals surface area contributed by atoms with E-state index in [0.717, 1.165) is 19.4 Å². The van der Waals surface area contributed by atoms with E-state index in [4.69, 9.17) is 9.47 Å². The van der Waals surface area contributed by atoms with Crippen LogP contribution in [0.1, 0.15) is 24.8 Å². The van der Waals surface area contributed by atoms with Gasteiger partial charge in [-0.3, -0.25) is 4.79 Å². The minimum atomic E-state index is -4.75. The van der Waals surface area contributed by atoms with Gasteiger partial charge in [0.15, 0.2) is 0 Å². The molecule has 1 aliphatic rings. The smallest absolute Gasteiger partial charge is 0.465 e. The molecule has 1 aliphatic heterocycles. The summed E-state index contributed by atoms with van der Waals surface area (Å²) in [5, 5.41) is 0. The van der Waals surface area contributed by atoms with Gasteiger partial charge in [-0.05, 0) is 30.5 Å². The molecule has 0 radical (unpaired) electrons. The van der Waals surface area contributed by atoms with E-state index in [9.17, 15) is 18.0 Å². The fraction of sp³-hybridized carbons (Fsp3) is 0.533. The maximum absolute atomic E-state index is 12.1. The van der Waals surface area contributed by atoms with Crippen LogP contribution >= 0.6 is 0 Å². The van der Waals surface area contributed by atoms with E-state index in [1.807, 2.05) is 0 Å². The van der Waals surface area contributed by atoms with Crippen molar-refractivity contribution in [3.63, 3.8) is 0 Å². The van der Waals surface area contributed by atoms with E-state index in [1.54, 1.807) is 6.07 Å². The summed E-state index contributed by atoms with van der Waals surface area (Å²) in [7, 11) is 0. The summed E-state index contributed by atoms with van der Waals surface area (Å²) in [6.45, 7) is 0.993. The lowest BCUT2D eigenvalue weighted by Gasteiger charge is -2.11. The molecule has 22 heavy (non-hydrogen) atoms. The Bertz CT molecular complexity index is 496. The van der Waals surface area contributed by atoms with Gasteiger partial charge in [0.1, 0.15) is 5.75 Å². The molecule has 0 N–H and O–H groups in total. The number of esters is 1. The van der Waals surface area contributed by atoms with E-state index in [1.165, 1.54) is 18.2 Å². The molecule has 0 aromatic heterocycles. The standard InChI is InChI=1S/C15H17F3O4/c16-15(17,18)22-13-4-1-3-11(9-13)10-14(19)21-8-6-12-5-2-7-20-12/h1,3-4,9,12H,2,5-8,10H2. The predicted octanol–water partition coefficient (Wildman–Crippen LogP) is 3.24. The molecule has 1 fully saturated rings. The molecule has 1 unspecified atom stereocenters. The molecule has 0 aliphatic carbocycles. The minimum Gasteiger partial charge on any atom is -0.465 e. The number of hydrogen-bond donors (Lipinski definition) is 0. The third-order valence-corrected chi connectivity index (χ3v) is 3.21. The highest BCUT2D eigenvalue weighted by Crippen LogP contribution is 2.23. The van der Waals surface area contributed by atoms with E-state index in [0.29, 0.717) is 12.0 Å². The normalized spacial score (nSPS) is 18.2. The first-order chi connectivity index (χ1) is 10.4. The average molecular weight is 318 g/mol. The third kappa shape index (κ3) is 5.93. The minimum absolute atomic E-state index is 0.0966. The van der Waals surface area contributed by atoms with Gasteiger partial charge in [0.05, 0.1) is 19.1 Å². The van der Waals surface area contributed by atoms with Crippen molar-refractivity contribution in [2.24, 2.45) is 0 Å². The molecule has 2 rings (SSSR count). The third-order valence-electron chi connectivity index (χ3n) is 3.21. The number of ether oxygens (including phenoxy) is 3. The van der Waals surface area contributed by atoms with Crippen molar-refractivity contribution in [3.05, 3.63) is 29.8 Å². The van der Waals surface area contributed by atoms with Crippen molar-refractivity contribution in [2.75, 3.05) is 13.2 Å². The zero-order valence-corrected chi connectivity index (χ0v) is 11.9. The average Bonchev–Trinajstić information content (AvgIpc) is 2.90. The quantitative estimate of drug-likeness (QED) is 0.755. The van der Waals surface area contributed by atoms with Crippen LogP contribution in [0.3, 0.4) is 0 Å². The Balaban J connectivity index is 1.77. The van der Waals surface area contributed by atoms with Crippen molar-refractivity contribution < 1.29 is 32.2 Å². The molecule has 1 aromatic carbocycles. The lowest BCUT2D eigenvalue weighted by atomic mass is 10.1. The molecule has 0 bridgehead atoms. The molecular weight excluding hydrogens is 301 g/mol. The van der Waals surface area contributed by atoms with E-state index >= 15 is 0 Å². The molecule has 0 spiro atoms. The summed E-state index contributed by atoms with van der Waals surface area (Å²) < 4.78 is 50.6. The monoisotopic (exact) mass is 318 g/mol. The van der Waals surface area contributed by atoms with E-state index < -0.39 is 12.3 Å². The first-order valence-electron chi connectivity index (χ1n) is 7.04. The van der Waals surface area contributed by atoms with Gasteiger partial charge >= 0.3 is 12.3 Å². The number of carbonyl (C=O) groups is 1. The molecule has 122 valence electrons. The van der Waals surface area contributed by atoms with Crippen molar-refractivity contribution >= 4 is 5.97 Å². The van der Waals surface area contributed by atoms with Gasteiger partial charge in [-0.15, -0.1) is 13.2 Å². The number of carbonyl (C=O) groups excluding carboxylic acids is 1. The van der Waals surface area contributed by atoms with Crippen LogP contribution in [0.4, 0.5) is 13.2 Å². The van der Waals surface area contributed by atoms with Crippen LogP contribution in [0.25, 0.3) is 0 Å². The van der Waals surface area contributed by atoms with Crippen molar-refractivity contribution in [1.29, 1.82) is 0 Å². The number of benzene rings is 1. The summed E-state index contributed by atoms with van der Waals surface area (Å²) in [5.74, 6) is -0.834. The van der Waals surface area contributed by atoms with Gasteiger partial charge in [0.2, 0.25) is 0 Å². The number of hydrogen-bond acceptors (Lipinski definition) is 4. The van der Waals surface area contributed by atoms with Crippen molar-refractivity contribution in [2.45, 2.75) is 38.1 Å². The Morgan fingerprint density at radius 1 is 1.36 bits per heavy atom. The topological polar surface area (TPSA) is 44.8 Å². The zero-order chi connectivity index (χ0) is 16.0. The molecule has 1 saturated heterocycles. The van der Waals surface area contributed by atoms with Crippen LogP contribution in [-0.4, -0.2) is 31.6 Å². The van der Waals surface area contributed by atoms with Crippen LogP contribution in [0, 0.1) is 0 Å². The zero-order valence-electron chi connectivity index (χ0n) is 11.9. The number of rotatable bonds is 6. The fourth-order valence-corrected chi connectivity index (χ4v) is 2.25. The lowest BCUT2D eigenvalue weighted by molar-refractivity contribution is -0.274. The maximum Gasteiger partial charge on any atom is 0.573 e. The highest BCUT2D eigenvalue weighted by molar-refractivity contribution is 5.72. The molecule has 1 heterocycles. The summed E-state index contributed by atoms with van der Waals surface area (Å²) in [6.07, 6.45) is -2.08.